The zero-order valence-corrected chi connectivity index (χ0v) is 11.2. The largest absolute Gasteiger partial charge is 0.349 e. The molecule has 2 fully saturated rings. The minimum atomic E-state index is -0.221. The molecule has 1 heterocycles. The molecule has 0 bridgehead atoms. The summed E-state index contributed by atoms with van der Waals surface area (Å²) in [6.07, 6.45) is 4.70. The topological polar surface area (TPSA) is 18.5 Å². The van der Waals surface area contributed by atoms with Crippen molar-refractivity contribution < 1.29 is 9.47 Å². The molecule has 2 nitrogen and oxygen atoms in total. The summed E-state index contributed by atoms with van der Waals surface area (Å²) in [5, 5.41) is 0. The van der Waals surface area contributed by atoms with Crippen molar-refractivity contribution in [1.82, 2.24) is 0 Å². The van der Waals surface area contributed by atoms with E-state index in [1.54, 1.807) is 0 Å². The lowest BCUT2D eigenvalue weighted by atomic mass is 9.78. The van der Waals surface area contributed by atoms with Crippen LogP contribution in [-0.2, 0) is 9.47 Å². The number of hydrogen-bond donors (Lipinski definition) is 0. The second-order valence-electron chi connectivity index (χ2n) is 6.73. The fourth-order valence-corrected chi connectivity index (χ4v) is 2.77. The van der Waals surface area contributed by atoms with E-state index >= 15 is 0 Å². The van der Waals surface area contributed by atoms with Gasteiger partial charge in [-0.2, -0.15) is 0 Å². The highest BCUT2D eigenvalue weighted by Gasteiger charge is 2.43. The quantitative estimate of drug-likeness (QED) is 0.680. The smallest absolute Gasteiger partial charge is 0.168 e. The van der Waals surface area contributed by atoms with Gasteiger partial charge in [0.25, 0.3) is 0 Å². The average Bonchev–Trinajstić information content (AvgIpc) is 2.24. The van der Waals surface area contributed by atoms with Crippen molar-refractivity contribution in [3.63, 3.8) is 0 Å². The molecule has 1 spiro atoms. The van der Waals surface area contributed by atoms with Gasteiger partial charge in [0, 0.05) is 18.3 Å². The van der Waals surface area contributed by atoms with Gasteiger partial charge in [0.2, 0.25) is 0 Å². The highest BCUT2D eigenvalue weighted by atomic mass is 16.7. The Labute approximate surface area is 99.7 Å². The first kappa shape index (κ1) is 12.4. The van der Waals surface area contributed by atoms with Crippen LogP contribution in [0, 0.1) is 17.3 Å². The molecule has 1 saturated carbocycles. The van der Waals surface area contributed by atoms with Gasteiger partial charge in [-0.1, -0.05) is 27.7 Å². The van der Waals surface area contributed by atoms with Crippen LogP contribution in [0.15, 0.2) is 0 Å². The molecule has 1 aliphatic carbocycles. The monoisotopic (exact) mass is 226 g/mol. The van der Waals surface area contributed by atoms with Crippen molar-refractivity contribution in [3.05, 3.63) is 0 Å². The van der Waals surface area contributed by atoms with E-state index in [4.69, 9.17) is 9.47 Å². The van der Waals surface area contributed by atoms with E-state index in [9.17, 15) is 0 Å². The Balaban J connectivity index is 1.89. The number of ether oxygens (including phenoxy) is 2. The van der Waals surface area contributed by atoms with Gasteiger partial charge in [-0.3, -0.25) is 0 Å². The standard InChI is InChI=1S/C14H26O2/c1-11(2)12-5-7-14(8-6-12)15-9-13(3,4)10-16-14/h11-12H,5-10H2,1-4H3. The highest BCUT2D eigenvalue weighted by molar-refractivity contribution is 4.85. The fraction of sp³-hybridized carbons (Fsp3) is 1.00. The van der Waals surface area contributed by atoms with Gasteiger partial charge in [0.1, 0.15) is 0 Å². The van der Waals surface area contributed by atoms with Gasteiger partial charge in [-0.15, -0.1) is 0 Å². The van der Waals surface area contributed by atoms with E-state index in [-0.39, 0.29) is 11.2 Å². The van der Waals surface area contributed by atoms with Crippen LogP contribution < -0.4 is 0 Å². The first-order valence-electron chi connectivity index (χ1n) is 6.70. The number of hydrogen-bond acceptors (Lipinski definition) is 2. The summed E-state index contributed by atoms with van der Waals surface area (Å²) in [6, 6.07) is 0. The molecule has 2 heteroatoms. The first-order chi connectivity index (χ1) is 7.43. The highest BCUT2D eigenvalue weighted by Crippen LogP contribution is 2.42. The second kappa shape index (κ2) is 4.30. The predicted molar refractivity (Wildman–Crippen MR) is 65.2 cm³/mol. The summed E-state index contributed by atoms with van der Waals surface area (Å²) in [4.78, 5) is 0. The zero-order valence-electron chi connectivity index (χ0n) is 11.2. The normalized spacial score (nSPS) is 29.8. The molecule has 0 atom stereocenters. The summed E-state index contributed by atoms with van der Waals surface area (Å²) in [7, 11) is 0. The van der Waals surface area contributed by atoms with Crippen LogP contribution in [0.4, 0.5) is 0 Å². The minimum absolute atomic E-state index is 0.195. The van der Waals surface area contributed by atoms with E-state index in [1.165, 1.54) is 12.8 Å². The molecule has 1 aliphatic heterocycles. The third kappa shape index (κ3) is 2.60. The molecule has 94 valence electrons. The van der Waals surface area contributed by atoms with E-state index in [2.05, 4.69) is 27.7 Å². The summed E-state index contributed by atoms with van der Waals surface area (Å²) >= 11 is 0. The lowest BCUT2D eigenvalue weighted by Crippen LogP contribution is -2.49. The van der Waals surface area contributed by atoms with Crippen molar-refractivity contribution in [2.24, 2.45) is 17.3 Å². The minimum Gasteiger partial charge on any atom is -0.349 e. The van der Waals surface area contributed by atoms with Crippen LogP contribution in [0.1, 0.15) is 53.4 Å². The molecule has 0 unspecified atom stereocenters. The Morgan fingerprint density at radius 2 is 1.50 bits per heavy atom. The Hall–Kier alpha value is -0.0800. The van der Waals surface area contributed by atoms with Crippen molar-refractivity contribution in [2.45, 2.75) is 59.2 Å². The SMILES string of the molecule is CC(C)C1CCC2(CC1)OCC(C)(C)CO2. The molecular weight excluding hydrogens is 200 g/mol. The third-order valence-electron chi connectivity index (χ3n) is 4.19. The van der Waals surface area contributed by atoms with Crippen molar-refractivity contribution in [2.75, 3.05) is 13.2 Å². The van der Waals surface area contributed by atoms with Crippen molar-refractivity contribution >= 4 is 0 Å². The van der Waals surface area contributed by atoms with Crippen LogP contribution in [0.2, 0.25) is 0 Å². The molecule has 1 saturated heterocycles. The van der Waals surface area contributed by atoms with Gasteiger partial charge in [-0.25, -0.2) is 0 Å². The van der Waals surface area contributed by atoms with E-state index in [1.807, 2.05) is 0 Å². The average molecular weight is 226 g/mol. The maximum atomic E-state index is 6.03. The van der Waals surface area contributed by atoms with Gasteiger partial charge in [0.15, 0.2) is 5.79 Å². The Bertz CT molecular complexity index is 225. The molecule has 2 rings (SSSR count). The Morgan fingerprint density at radius 1 is 1.00 bits per heavy atom. The van der Waals surface area contributed by atoms with Crippen LogP contribution in [0.25, 0.3) is 0 Å². The second-order valence-corrected chi connectivity index (χ2v) is 6.73. The molecule has 0 aromatic rings. The van der Waals surface area contributed by atoms with Crippen molar-refractivity contribution in [1.29, 1.82) is 0 Å². The van der Waals surface area contributed by atoms with Crippen molar-refractivity contribution in [3.8, 4) is 0 Å². The Kier molecular flexibility index (Phi) is 3.33. The predicted octanol–water partition coefficient (Wildman–Crippen LogP) is 3.60. The summed E-state index contributed by atoms with van der Waals surface area (Å²) < 4.78 is 12.1. The lowest BCUT2D eigenvalue weighted by Gasteiger charge is -2.47. The molecule has 0 aromatic carbocycles. The number of rotatable bonds is 1. The fourth-order valence-electron chi connectivity index (χ4n) is 2.77. The van der Waals surface area contributed by atoms with Gasteiger partial charge in [0.05, 0.1) is 13.2 Å². The van der Waals surface area contributed by atoms with E-state index in [0.29, 0.717) is 0 Å². The summed E-state index contributed by atoms with van der Waals surface area (Å²) in [5.41, 5.74) is 0.195. The first-order valence-corrected chi connectivity index (χ1v) is 6.70. The third-order valence-corrected chi connectivity index (χ3v) is 4.19. The maximum absolute atomic E-state index is 6.03. The molecule has 16 heavy (non-hydrogen) atoms. The summed E-state index contributed by atoms with van der Waals surface area (Å²) in [6.45, 7) is 10.8. The zero-order chi connectivity index (χ0) is 11.8. The van der Waals surface area contributed by atoms with Crippen LogP contribution in [0.5, 0.6) is 0 Å². The lowest BCUT2D eigenvalue weighted by molar-refractivity contribution is -0.313. The molecule has 0 amide bonds. The molecule has 0 aromatic heterocycles. The molecule has 2 aliphatic rings. The maximum Gasteiger partial charge on any atom is 0.168 e. The Morgan fingerprint density at radius 3 is 1.94 bits per heavy atom. The van der Waals surface area contributed by atoms with Crippen LogP contribution in [0.3, 0.4) is 0 Å². The van der Waals surface area contributed by atoms with Gasteiger partial charge < -0.3 is 9.47 Å². The van der Waals surface area contributed by atoms with E-state index < -0.39 is 0 Å². The van der Waals surface area contributed by atoms with Gasteiger partial charge in [-0.05, 0) is 24.7 Å². The van der Waals surface area contributed by atoms with E-state index in [0.717, 1.165) is 37.9 Å². The summed E-state index contributed by atoms with van der Waals surface area (Å²) in [5.74, 6) is 1.45. The molecular formula is C14H26O2. The molecule has 0 N–H and O–H groups in total. The molecule has 0 radical (unpaired) electrons. The van der Waals surface area contributed by atoms with Crippen LogP contribution in [-0.4, -0.2) is 19.0 Å². The van der Waals surface area contributed by atoms with Gasteiger partial charge >= 0.3 is 0 Å². The van der Waals surface area contributed by atoms with Crippen LogP contribution >= 0.6 is 0 Å².